The van der Waals surface area contributed by atoms with Crippen molar-refractivity contribution in [3.8, 4) is 10.6 Å². The molecule has 3 aromatic rings. The number of fused-ring (bicyclic) bond motifs is 1. The number of pyridine rings is 1. The first-order chi connectivity index (χ1) is 9.70. The lowest BCUT2D eigenvalue weighted by atomic mass is 9.92. The van der Waals surface area contributed by atoms with Gasteiger partial charge in [-0.25, -0.2) is 0 Å². The average Bonchev–Trinajstić information content (AvgIpc) is 2.93. The smallest absolute Gasteiger partial charge is 0.0805 e. The molecular weight excluding hydrogens is 262 g/mol. The largest absolute Gasteiger partial charge is 0.255 e. The highest BCUT2D eigenvalue weighted by Gasteiger charge is 2.50. The van der Waals surface area contributed by atoms with Crippen LogP contribution in [-0.4, -0.2) is 4.98 Å². The molecule has 100 valence electrons. The first-order valence-electron chi connectivity index (χ1n) is 7.13. The minimum Gasteiger partial charge on any atom is -0.255 e. The van der Waals surface area contributed by atoms with Crippen molar-refractivity contribution in [3.05, 3.63) is 54.2 Å². The van der Waals surface area contributed by atoms with E-state index >= 15 is 0 Å². The topological polar surface area (TPSA) is 12.9 Å². The monoisotopic (exact) mass is 279 g/mol. The quantitative estimate of drug-likeness (QED) is 0.623. The van der Waals surface area contributed by atoms with Crippen LogP contribution < -0.4 is 0 Å². The van der Waals surface area contributed by atoms with E-state index in [9.17, 15) is 0 Å². The molecule has 0 aliphatic heterocycles. The Bertz CT molecular complexity index is 774. The van der Waals surface area contributed by atoms with Gasteiger partial charge >= 0.3 is 0 Å². The van der Waals surface area contributed by atoms with Crippen molar-refractivity contribution in [1.29, 1.82) is 0 Å². The zero-order valence-corrected chi connectivity index (χ0v) is 12.6. The van der Waals surface area contributed by atoms with Crippen LogP contribution in [-0.2, 0) is 5.41 Å². The van der Waals surface area contributed by atoms with E-state index in [2.05, 4.69) is 55.2 Å². The molecule has 1 unspecified atom stereocenters. The second-order valence-corrected chi connectivity index (χ2v) is 7.09. The maximum atomic E-state index is 4.58. The Hall–Kier alpha value is -1.67. The van der Waals surface area contributed by atoms with Crippen LogP contribution in [0.2, 0.25) is 0 Å². The molecule has 1 nitrogen and oxygen atoms in total. The fraction of sp³-hybridized carbons (Fsp3) is 0.278. The Balaban J connectivity index is 2.04. The average molecular weight is 279 g/mol. The summed E-state index contributed by atoms with van der Waals surface area (Å²) in [6, 6.07) is 15.0. The maximum absolute atomic E-state index is 4.58. The van der Waals surface area contributed by atoms with Gasteiger partial charge in [-0.05, 0) is 46.9 Å². The first kappa shape index (κ1) is 12.1. The van der Waals surface area contributed by atoms with Crippen LogP contribution in [0.5, 0.6) is 0 Å². The highest BCUT2D eigenvalue weighted by atomic mass is 32.1. The number of rotatable bonds is 2. The van der Waals surface area contributed by atoms with Crippen molar-refractivity contribution in [1.82, 2.24) is 4.98 Å². The highest BCUT2D eigenvalue weighted by Crippen LogP contribution is 2.59. The van der Waals surface area contributed by atoms with Crippen LogP contribution in [0, 0.1) is 5.92 Å². The van der Waals surface area contributed by atoms with Crippen molar-refractivity contribution in [2.75, 3.05) is 0 Å². The van der Waals surface area contributed by atoms with Gasteiger partial charge in [-0.3, -0.25) is 4.98 Å². The summed E-state index contributed by atoms with van der Waals surface area (Å²) >= 11 is 1.88. The molecule has 2 heterocycles. The Morgan fingerprint density at radius 1 is 1.15 bits per heavy atom. The predicted molar refractivity (Wildman–Crippen MR) is 86.2 cm³/mol. The Labute approximate surface area is 123 Å². The van der Waals surface area contributed by atoms with Crippen molar-refractivity contribution >= 4 is 21.4 Å². The van der Waals surface area contributed by atoms with E-state index in [4.69, 9.17) is 0 Å². The van der Waals surface area contributed by atoms with E-state index < -0.39 is 0 Å². The molecule has 0 bridgehead atoms. The van der Waals surface area contributed by atoms with Crippen LogP contribution in [0.15, 0.2) is 48.7 Å². The lowest BCUT2D eigenvalue weighted by Crippen LogP contribution is -2.04. The van der Waals surface area contributed by atoms with E-state index in [0.717, 1.165) is 11.6 Å². The van der Waals surface area contributed by atoms with E-state index in [0.29, 0.717) is 5.41 Å². The summed E-state index contributed by atoms with van der Waals surface area (Å²) in [7, 11) is 0. The van der Waals surface area contributed by atoms with Crippen molar-refractivity contribution in [2.45, 2.75) is 25.7 Å². The summed E-state index contributed by atoms with van der Waals surface area (Å²) in [5.74, 6) is 0.767. The number of aromatic nitrogens is 1. The molecule has 1 aliphatic rings. The molecule has 2 atom stereocenters. The highest BCUT2D eigenvalue weighted by molar-refractivity contribution is 7.22. The number of benzene rings is 1. The molecule has 0 amide bonds. The molecule has 1 fully saturated rings. The maximum Gasteiger partial charge on any atom is 0.0805 e. The Morgan fingerprint density at radius 2 is 1.90 bits per heavy atom. The van der Waals surface area contributed by atoms with Gasteiger partial charge in [0.1, 0.15) is 0 Å². The summed E-state index contributed by atoms with van der Waals surface area (Å²) in [5, 5.41) is 1.42. The van der Waals surface area contributed by atoms with E-state index in [1.54, 1.807) is 0 Å². The minimum absolute atomic E-state index is 0.326. The molecule has 1 aromatic carbocycles. The van der Waals surface area contributed by atoms with Gasteiger partial charge < -0.3 is 0 Å². The summed E-state index contributed by atoms with van der Waals surface area (Å²) in [6.07, 6.45) is 3.18. The van der Waals surface area contributed by atoms with Crippen molar-refractivity contribution < 1.29 is 0 Å². The summed E-state index contributed by atoms with van der Waals surface area (Å²) in [5.41, 5.74) is 2.96. The second kappa shape index (κ2) is 4.16. The third-order valence-electron chi connectivity index (χ3n) is 4.72. The van der Waals surface area contributed by atoms with Gasteiger partial charge in [0.15, 0.2) is 0 Å². The van der Waals surface area contributed by atoms with Crippen LogP contribution >= 0.6 is 11.3 Å². The van der Waals surface area contributed by atoms with Gasteiger partial charge in [0.2, 0.25) is 0 Å². The fourth-order valence-electron chi connectivity index (χ4n) is 3.22. The molecule has 0 radical (unpaired) electrons. The Morgan fingerprint density at radius 3 is 2.60 bits per heavy atom. The van der Waals surface area contributed by atoms with Gasteiger partial charge in [-0.1, -0.05) is 38.1 Å². The summed E-state index contributed by atoms with van der Waals surface area (Å²) < 4.78 is 1.38. The lowest BCUT2D eigenvalue weighted by molar-refractivity contribution is 0.712. The zero-order chi connectivity index (χ0) is 13.7. The molecule has 0 N–H and O–H groups in total. The molecule has 1 aliphatic carbocycles. The molecule has 20 heavy (non-hydrogen) atoms. The number of hydrogen-bond donors (Lipinski definition) is 0. The van der Waals surface area contributed by atoms with Crippen LogP contribution in [0.1, 0.15) is 25.8 Å². The zero-order valence-electron chi connectivity index (χ0n) is 11.8. The number of thiophene rings is 1. The molecule has 1 saturated carbocycles. The van der Waals surface area contributed by atoms with Crippen LogP contribution in [0.3, 0.4) is 0 Å². The number of hydrogen-bond acceptors (Lipinski definition) is 2. The standard InChI is InChI=1S/C18H17NS/c1-12-11-18(12,2)16-13-7-3-4-9-15(13)20-17(16)14-8-5-6-10-19-14/h3-10,12H,11H2,1-2H3/t12-,18?/m0/s1. The lowest BCUT2D eigenvalue weighted by Gasteiger charge is -2.12. The molecule has 0 spiro atoms. The summed E-state index contributed by atoms with van der Waals surface area (Å²) in [6.45, 7) is 4.76. The molecule has 0 saturated heterocycles. The van der Waals surface area contributed by atoms with Gasteiger partial charge in [0.25, 0.3) is 0 Å². The van der Waals surface area contributed by atoms with E-state index in [1.807, 2.05) is 23.6 Å². The molecule has 2 aromatic heterocycles. The fourth-order valence-corrected chi connectivity index (χ4v) is 4.53. The normalized spacial score (nSPS) is 25.0. The molecule has 2 heteroatoms. The predicted octanol–water partition coefficient (Wildman–Crippen LogP) is 5.26. The minimum atomic E-state index is 0.326. The van der Waals surface area contributed by atoms with Crippen LogP contribution in [0.25, 0.3) is 20.7 Å². The SMILES string of the molecule is C[C@H]1CC1(C)c1c(-c2ccccn2)sc2ccccc12. The second-order valence-electron chi connectivity index (χ2n) is 6.04. The van der Waals surface area contributed by atoms with E-state index in [1.165, 1.54) is 26.9 Å². The van der Waals surface area contributed by atoms with Crippen LogP contribution in [0.4, 0.5) is 0 Å². The molecule has 4 rings (SSSR count). The summed E-state index contributed by atoms with van der Waals surface area (Å²) in [4.78, 5) is 5.94. The number of nitrogens with zero attached hydrogens (tertiary/aromatic N) is 1. The van der Waals surface area contributed by atoms with Crippen molar-refractivity contribution in [2.24, 2.45) is 5.92 Å². The first-order valence-corrected chi connectivity index (χ1v) is 7.95. The van der Waals surface area contributed by atoms with Crippen molar-refractivity contribution in [3.63, 3.8) is 0 Å². The third-order valence-corrected chi connectivity index (χ3v) is 5.92. The molecular formula is C18H17NS. The van der Waals surface area contributed by atoms with E-state index in [-0.39, 0.29) is 0 Å². The van der Waals surface area contributed by atoms with Gasteiger partial charge in [0, 0.05) is 10.9 Å². The Kier molecular flexibility index (Phi) is 2.52. The van der Waals surface area contributed by atoms with Gasteiger partial charge in [-0.2, -0.15) is 0 Å². The third kappa shape index (κ3) is 1.64. The van der Waals surface area contributed by atoms with Gasteiger partial charge in [0.05, 0.1) is 10.6 Å². The van der Waals surface area contributed by atoms with Gasteiger partial charge in [-0.15, -0.1) is 11.3 Å².